The topological polar surface area (TPSA) is 76.0 Å². The first-order valence-electron chi connectivity index (χ1n) is 8.25. The highest BCUT2D eigenvalue weighted by atomic mass is 16.5. The van der Waals surface area contributed by atoms with Crippen LogP contribution in [-0.4, -0.2) is 63.0 Å². The SMILES string of the molecule is O=C(NCc1ccoc1)NCC(C1CCOC1)N1CCOCC1. The van der Waals surface area contributed by atoms with Crippen molar-refractivity contribution in [3.63, 3.8) is 0 Å². The van der Waals surface area contributed by atoms with Gasteiger partial charge in [0.05, 0.1) is 32.3 Å². The summed E-state index contributed by atoms with van der Waals surface area (Å²) in [5.41, 5.74) is 0.953. The van der Waals surface area contributed by atoms with Crippen molar-refractivity contribution in [3.05, 3.63) is 24.2 Å². The van der Waals surface area contributed by atoms with Gasteiger partial charge in [0, 0.05) is 50.3 Å². The first-order chi connectivity index (χ1) is 11.3. The lowest BCUT2D eigenvalue weighted by Crippen LogP contribution is -2.53. The van der Waals surface area contributed by atoms with Crippen molar-refractivity contribution in [1.29, 1.82) is 0 Å². The van der Waals surface area contributed by atoms with E-state index in [2.05, 4.69) is 15.5 Å². The second-order valence-corrected chi connectivity index (χ2v) is 6.03. The molecule has 128 valence electrons. The van der Waals surface area contributed by atoms with Crippen molar-refractivity contribution in [1.82, 2.24) is 15.5 Å². The van der Waals surface area contributed by atoms with Gasteiger partial charge >= 0.3 is 6.03 Å². The van der Waals surface area contributed by atoms with Crippen molar-refractivity contribution in [2.75, 3.05) is 46.1 Å². The average Bonchev–Trinajstić information content (AvgIpc) is 3.28. The molecule has 23 heavy (non-hydrogen) atoms. The van der Waals surface area contributed by atoms with E-state index in [0.29, 0.717) is 25.0 Å². The van der Waals surface area contributed by atoms with E-state index < -0.39 is 0 Å². The van der Waals surface area contributed by atoms with E-state index in [-0.39, 0.29) is 6.03 Å². The van der Waals surface area contributed by atoms with Gasteiger partial charge in [0.15, 0.2) is 0 Å². The molecule has 0 aromatic carbocycles. The zero-order valence-corrected chi connectivity index (χ0v) is 13.3. The number of carbonyl (C=O) groups is 1. The third-order valence-corrected chi connectivity index (χ3v) is 4.53. The Morgan fingerprint density at radius 3 is 2.83 bits per heavy atom. The molecule has 1 aromatic heterocycles. The summed E-state index contributed by atoms with van der Waals surface area (Å²) in [4.78, 5) is 14.4. The van der Waals surface area contributed by atoms with Crippen LogP contribution in [0.2, 0.25) is 0 Å². The molecule has 1 aromatic rings. The molecule has 3 heterocycles. The summed E-state index contributed by atoms with van der Waals surface area (Å²) in [7, 11) is 0. The normalized spacial score (nSPS) is 23.6. The van der Waals surface area contributed by atoms with Crippen LogP contribution >= 0.6 is 0 Å². The van der Waals surface area contributed by atoms with Crippen LogP contribution in [0.3, 0.4) is 0 Å². The molecule has 0 radical (unpaired) electrons. The summed E-state index contributed by atoms with van der Waals surface area (Å²) in [6, 6.07) is 2.00. The molecule has 2 aliphatic heterocycles. The Bertz CT molecular complexity index is 468. The standard InChI is InChI=1S/C16H25N3O4/c20-16(17-9-13-1-5-22-11-13)18-10-15(14-2-6-23-12-14)19-3-7-21-8-4-19/h1,5,11,14-15H,2-4,6-10,12H2,(H2,17,18,20). The predicted octanol–water partition coefficient (Wildman–Crippen LogP) is 0.816. The molecule has 0 bridgehead atoms. The Morgan fingerprint density at radius 1 is 1.26 bits per heavy atom. The van der Waals surface area contributed by atoms with Crippen molar-refractivity contribution in [3.8, 4) is 0 Å². The third kappa shape index (κ3) is 4.70. The summed E-state index contributed by atoms with van der Waals surface area (Å²) >= 11 is 0. The highest BCUT2D eigenvalue weighted by Gasteiger charge is 2.31. The van der Waals surface area contributed by atoms with Crippen molar-refractivity contribution < 1.29 is 18.7 Å². The van der Waals surface area contributed by atoms with Crippen LogP contribution in [0.25, 0.3) is 0 Å². The number of morpholine rings is 1. The number of nitrogens with zero attached hydrogens (tertiary/aromatic N) is 1. The molecule has 0 saturated carbocycles. The van der Waals surface area contributed by atoms with Crippen molar-refractivity contribution >= 4 is 6.03 Å². The fourth-order valence-electron chi connectivity index (χ4n) is 3.19. The van der Waals surface area contributed by atoms with E-state index in [1.165, 1.54) is 0 Å². The molecule has 2 saturated heterocycles. The van der Waals surface area contributed by atoms with Gasteiger partial charge in [-0.05, 0) is 12.5 Å². The molecule has 0 spiro atoms. The highest BCUT2D eigenvalue weighted by Crippen LogP contribution is 2.21. The number of ether oxygens (including phenoxy) is 2. The van der Waals surface area contributed by atoms with Gasteiger partial charge in [0.25, 0.3) is 0 Å². The van der Waals surface area contributed by atoms with Crippen LogP contribution in [0.5, 0.6) is 0 Å². The van der Waals surface area contributed by atoms with Gasteiger partial charge in [0.2, 0.25) is 0 Å². The molecule has 2 N–H and O–H groups in total. The number of carbonyl (C=O) groups excluding carboxylic acids is 1. The third-order valence-electron chi connectivity index (χ3n) is 4.53. The average molecular weight is 323 g/mol. The molecular formula is C16H25N3O4. The minimum atomic E-state index is -0.150. The second kappa shape index (κ2) is 8.33. The van der Waals surface area contributed by atoms with Crippen LogP contribution < -0.4 is 10.6 Å². The molecule has 2 amide bonds. The molecule has 3 rings (SSSR count). The molecule has 2 atom stereocenters. The number of urea groups is 1. The molecular weight excluding hydrogens is 298 g/mol. The first kappa shape index (κ1) is 16.3. The Morgan fingerprint density at radius 2 is 2.13 bits per heavy atom. The van der Waals surface area contributed by atoms with E-state index >= 15 is 0 Å². The smallest absolute Gasteiger partial charge is 0.315 e. The van der Waals surface area contributed by atoms with Crippen molar-refractivity contribution in [2.45, 2.75) is 19.0 Å². The molecule has 2 aliphatic rings. The van der Waals surface area contributed by atoms with Crippen molar-refractivity contribution in [2.24, 2.45) is 5.92 Å². The van der Waals surface area contributed by atoms with E-state index in [4.69, 9.17) is 13.9 Å². The molecule has 2 fully saturated rings. The maximum Gasteiger partial charge on any atom is 0.315 e. The van der Waals surface area contributed by atoms with Crippen LogP contribution in [0, 0.1) is 5.92 Å². The Balaban J connectivity index is 1.47. The lowest BCUT2D eigenvalue weighted by Gasteiger charge is -2.37. The maximum absolute atomic E-state index is 12.0. The molecule has 2 unspecified atom stereocenters. The number of hydrogen-bond donors (Lipinski definition) is 2. The lowest BCUT2D eigenvalue weighted by atomic mass is 9.97. The fourth-order valence-corrected chi connectivity index (χ4v) is 3.19. The zero-order valence-electron chi connectivity index (χ0n) is 13.3. The highest BCUT2D eigenvalue weighted by molar-refractivity contribution is 5.73. The van der Waals surface area contributed by atoms with E-state index in [1.54, 1.807) is 12.5 Å². The Hall–Kier alpha value is -1.57. The largest absolute Gasteiger partial charge is 0.472 e. The van der Waals surface area contributed by atoms with Gasteiger partial charge in [-0.15, -0.1) is 0 Å². The van der Waals surface area contributed by atoms with Gasteiger partial charge in [-0.25, -0.2) is 4.79 Å². The van der Waals surface area contributed by atoms with Gasteiger partial charge in [0.1, 0.15) is 0 Å². The van der Waals surface area contributed by atoms with Crippen LogP contribution in [0.4, 0.5) is 4.79 Å². The summed E-state index contributed by atoms with van der Waals surface area (Å²) in [5, 5.41) is 5.85. The van der Waals surface area contributed by atoms with Crippen LogP contribution in [0.15, 0.2) is 23.0 Å². The minimum Gasteiger partial charge on any atom is -0.472 e. The van der Waals surface area contributed by atoms with E-state index in [9.17, 15) is 4.79 Å². The minimum absolute atomic E-state index is 0.150. The second-order valence-electron chi connectivity index (χ2n) is 6.03. The van der Waals surface area contributed by atoms with Gasteiger partial charge < -0.3 is 24.5 Å². The zero-order chi connectivity index (χ0) is 15.9. The number of nitrogens with one attached hydrogen (secondary N) is 2. The van der Waals surface area contributed by atoms with E-state index in [0.717, 1.165) is 51.5 Å². The Labute approximate surface area is 136 Å². The summed E-state index contributed by atoms with van der Waals surface area (Å²) < 4.78 is 16.0. The fraction of sp³-hybridized carbons (Fsp3) is 0.688. The number of rotatable bonds is 6. The Kier molecular flexibility index (Phi) is 5.90. The quantitative estimate of drug-likeness (QED) is 0.810. The van der Waals surface area contributed by atoms with E-state index in [1.807, 2.05) is 6.07 Å². The molecule has 7 heteroatoms. The predicted molar refractivity (Wildman–Crippen MR) is 84.1 cm³/mol. The summed E-state index contributed by atoms with van der Waals surface area (Å²) in [6.45, 7) is 6.05. The molecule has 7 nitrogen and oxygen atoms in total. The number of hydrogen-bond acceptors (Lipinski definition) is 5. The lowest BCUT2D eigenvalue weighted by molar-refractivity contribution is 0.00212. The summed E-state index contributed by atoms with van der Waals surface area (Å²) in [6.07, 6.45) is 4.29. The first-order valence-corrected chi connectivity index (χ1v) is 8.25. The maximum atomic E-state index is 12.0. The van der Waals surface area contributed by atoms with Crippen LogP contribution in [-0.2, 0) is 16.0 Å². The number of amides is 2. The van der Waals surface area contributed by atoms with Gasteiger partial charge in [-0.1, -0.05) is 0 Å². The number of furan rings is 1. The molecule has 0 aliphatic carbocycles. The summed E-state index contributed by atoms with van der Waals surface area (Å²) in [5.74, 6) is 0.474. The monoisotopic (exact) mass is 323 g/mol. The van der Waals surface area contributed by atoms with Gasteiger partial charge in [-0.2, -0.15) is 0 Å². The van der Waals surface area contributed by atoms with Crippen LogP contribution in [0.1, 0.15) is 12.0 Å². The van der Waals surface area contributed by atoms with Gasteiger partial charge in [-0.3, -0.25) is 4.90 Å².